The molecule has 0 aliphatic carbocycles. The predicted molar refractivity (Wildman–Crippen MR) is 110 cm³/mol. The fourth-order valence-corrected chi connectivity index (χ4v) is 2.57. The van der Waals surface area contributed by atoms with Crippen molar-refractivity contribution in [1.29, 1.82) is 0 Å². The van der Waals surface area contributed by atoms with E-state index in [1.807, 2.05) is 0 Å². The molecule has 148 valence electrons. The van der Waals surface area contributed by atoms with E-state index in [1.54, 1.807) is 55.9 Å². The standard InChI is InChI=1S/C21H17ClFN3O3/c1-28-21-9-7-15(12-25-21)24-11-14-6-8-19(16(22)10-14)29-13-20(27)26-18-5-3-2-4-17(18)23/h2-12H,13H2,1H3,(H,26,27). The van der Waals surface area contributed by atoms with Crippen molar-refractivity contribution >= 4 is 35.1 Å². The van der Waals surface area contributed by atoms with Gasteiger partial charge in [0.2, 0.25) is 5.88 Å². The summed E-state index contributed by atoms with van der Waals surface area (Å²) >= 11 is 6.21. The highest BCUT2D eigenvalue weighted by Gasteiger charge is 2.09. The van der Waals surface area contributed by atoms with E-state index < -0.39 is 11.7 Å². The summed E-state index contributed by atoms with van der Waals surface area (Å²) in [6.07, 6.45) is 3.21. The molecule has 0 saturated carbocycles. The summed E-state index contributed by atoms with van der Waals surface area (Å²) in [4.78, 5) is 20.3. The Kier molecular flexibility index (Phi) is 6.76. The van der Waals surface area contributed by atoms with Crippen LogP contribution in [0, 0.1) is 5.82 Å². The zero-order valence-electron chi connectivity index (χ0n) is 15.4. The molecule has 29 heavy (non-hydrogen) atoms. The molecule has 0 radical (unpaired) electrons. The van der Waals surface area contributed by atoms with E-state index in [9.17, 15) is 9.18 Å². The Morgan fingerprint density at radius 1 is 1.24 bits per heavy atom. The summed E-state index contributed by atoms with van der Waals surface area (Å²) in [6.45, 7) is -0.307. The van der Waals surface area contributed by atoms with Gasteiger partial charge in [-0.2, -0.15) is 0 Å². The first-order chi connectivity index (χ1) is 14.0. The highest BCUT2D eigenvalue weighted by molar-refractivity contribution is 6.32. The van der Waals surface area contributed by atoms with Crippen LogP contribution in [-0.4, -0.2) is 30.8 Å². The molecule has 1 amide bonds. The number of aliphatic imine (C=N–C) groups is 1. The smallest absolute Gasteiger partial charge is 0.262 e. The minimum Gasteiger partial charge on any atom is -0.482 e. The number of nitrogens with zero attached hydrogens (tertiary/aromatic N) is 2. The summed E-state index contributed by atoms with van der Waals surface area (Å²) in [5.74, 6) is -0.176. The minimum atomic E-state index is -0.519. The molecule has 0 atom stereocenters. The summed E-state index contributed by atoms with van der Waals surface area (Å²) < 4.78 is 24.0. The summed E-state index contributed by atoms with van der Waals surface area (Å²) in [5.41, 5.74) is 1.49. The molecule has 2 aromatic carbocycles. The number of methoxy groups -OCH3 is 1. The van der Waals surface area contributed by atoms with Crippen LogP contribution in [0.3, 0.4) is 0 Å². The van der Waals surface area contributed by atoms with Crippen molar-refractivity contribution in [3.63, 3.8) is 0 Å². The van der Waals surface area contributed by atoms with E-state index in [0.717, 1.165) is 5.56 Å². The van der Waals surface area contributed by atoms with Gasteiger partial charge < -0.3 is 14.8 Å². The van der Waals surface area contributed by atoms with Gasteiger partial charge in [-0.15, -0.1) is 0 Å². The van der Waals surface area contributed by atoms with Gasteiger partial charge in [-0.25, -0.2) is 9.37 Å². The number of carbonyl (C=O) groups excluding carboxylic acids is 1. The van der Waals surface area contributed by atoms with Crippen LogP contribution in [0.5, 0.6) is 11.6 Å². The van der Waals surface area contributed by atoms with Crippen molar-refractivity contribution in [1.82, 2.24) is 4.98 Å². The quantitative estimate of drug-likeness (QED) is 0.572. The SMILES string of the molecule is COc1ccc(N=Cc2ccc(OCC(=O)Nc3ccccc3F)c(Cl)c2)cn1. The average molecular weight is 414 g/mol. The van der Waals surface area contributed by atoms with Crippen LogP contribution >= 0.6 is 11.6 Å². The number of nitrogens with one attached hydrogen (secondary N) is 1. The lowest BCUT2D eigenvalue weighted by molar-refractivity contribution is -0.118. The number of ether oxygens (including phenoxy) is 2. The highest BCUT2D eigenvalue weighted by atomic mass is 35.5. The van der Waals surface area contributed by atoms with E-state index in [1.165, 1.54) is 18.2 Å². The van der Waals surface area contributed by atoms with E-state index >= 15 is 0 Å². The average Bonchev–Trinajstić information content (AvgIpc) is 2.73. The maximum absolute atomic E-state index is 13.6. The topological polar surface area (TPSA) is 72.8 Å². The van der Waals surface area contributed by atoms with Crippen LogP contribution in [0.15, 0.2) is 65.8 Å². The number of halogens is 2. The van der Waals surface area contributed by atoms with Crippen LogP contribution in [0.2, 0.25) is 5.02 Å². The predicted octanol–water partition coefficient (Wildman–Crippen LogP) is 4.65. The Morgan fingerprint density at radius 3 is 2.76 bits per heavy atom. The van der Waals surface area contributed by atoms with E-state index in [2.05, 4.69) is 15.3 Å². The monoisotopic (exact) mass is 413 g/mol. The number of rotatable bonds is 7. The fourth-order valence-electron chi connectivity index (χ4n) is 2.33. The van der Waals surface area contributed by atoms with Crippen LogP contribution < -0.4 is 14.8 Å². The zero-order valence-corrected chi connectivity index (χ0v) is 16.2. The molecule has 0 bridgehead atoms. The number of anilines is 1. The van der Waals surface area contributed by atoms with Crippen molar-refractivity contribution in [3.05, 3.63) is 77.2 Å². The lowest BCUT2D eigenvalue weighted by Gasteiger charge is -2.09. The van der Waals surface area contributed by atoms with Gasteiger partial charge in [-0.05, 0) is 42.0 Å². The molecular weight excluding hydrogens is 397 g/mol. The Morgan fingerprint density at radius 2 is 2.07 bits per heavy atom. The molecule has 1 N–H and O–H groups in total. The third kappa shape index (κ3) is 5.76. The van der Waals surface area contributed by atoms with Crippen LogP contribution in [-0.2, 0) is 4.79 Å². The lowest BCUT2D eigenvalue weighted by atomic mass is 10.2. The number of carbonyl (C=O) groups is 1. The van der Waals surface area contributed by atoms with Crippen LogP contribution in [0.25, 0.3) is 0 Å². The van der Waals surface area contributed by atoms with E-state index in [4.69, 9.17) is 21.1 Å². The fraction of sp³-hybridized carbons (Fsp3) is 0.0952. The lowest BCUT2D eigenvalue weighted by Crippen LogP contribution is -2.20. The maximum atomic E-state index is 13.6. The van der Waals surface area contributed by atoms with Gasteiger partial charge in [-0.1, -0.05) is 23.7 Å². The Bertz CT molecular complexity index is 1030. The molecule has 1 aromatic heterocycles. The molecule has 0 aliphatic rings. The molecule has 3 aromatic rings. The number of para-hydroxylation sites is 1. The number of aromatic nitrogens is 1. The molecule has 8 heteroatoms. The highest BCUT2D eigenvalue weighted by Crippen LogP contribution is 2.25. The molecule has 6 nitrogen and oxygen atoms in total. The van der Waals surface area contributed by atoms with Gasteiger partial charge >= 0.3 is 0 Å². The first-order valence-electron chi connectivity index (χ1n) is 8.56. The Balaban J connectivity index is 1.58. The second-order valence-electron chi connectivity index (χ2n) is 5.82. The molecule has 0 unspecified atom stereocenters. The van der Waals surface area contributed by atoms with E-state index in [-0.39, 0.29) is 12.3 Å². The van der Waals surface area contributed by atoms with Gasteiger partial charge in [-0.3, -0.25) is 9.79 Å². The molecular formula is C21H17ClFN3O3. The molecule has 0 aliphatic heterocycles. The number of benzene rings is 2. The molecule has 3 rings (SSSR count). The van der Waals surface area contributed by atoms with Crippen molar-refractivity contribution in [2.75, 3.05) is 19.0 Å². The van der Waals surface area contributed by atoms with Gasteiger partial charge in [0.25, 0.3) is 5.91 Å². The normalized spacial score (nSPS) is 10.7. The number of hydrogen-bond acceptors (Lipinski definition) is 5. The zero-order chi connectivity index (χ0) is 20.6. The summed E-state index contributed by atoms with van der Waals surface area (Å²) in [7, 11) is 1.54. The molecule has 0 saturated heterocycles. The van der Waals surface area contributed by atoms with Gasteiger partial charge in [0, 0.05) is 12.3 Å². The van der Waals surface area contributed by atoms with Gasteiger partial charge in [0.15, 0.2) is 6.61 Å². The Hall–Kier alpha value is -3.45. The third-order valence-electron chi connectivity index (χ3n) is 3.76. The number of amides is 1. The van der Waals surface area contributed by atoms with Crippen LogP contribution in [0.4, 0.5) is 15.8 Å². The largest absolute Gasteiger partial charge is 0.482 e. The van der Waals surface area contributed by atoms with Crippen molar-refractivity contribution < 1.29 is 18.7 Å². The van der Waals surface area contributed by atoms with E-state index in [0.29, 0.717) is 22.3 Å². The summed E-state index contributed by atoms with van der Waals surface area (Å²) in [6, 6.07) is 14.4. The number of hydrogen-bond donors (Lipinski definition) is 1. The van der Waals surface area contributed by atoms with Crippen molar-refractivity contribution in [2.45, 2.75) is 0 Å². The number of pyridine rings is 1. The van der Waals surface area contributed by atoms with Crippen molar-refractivity contribution in [3.8, 4) is 11.6 Å². The first kappa shape index (κ1) is 20.3. The summed E-state index contributed by atoms with van der Waals surface area (Å²) in [5, 5.41) is 2.76. The van der Waals surface area contributed by atoms with Crippen LogP contribution in [0.1, 0.15) is 5.56 Å². The molecule has 0 fully saturated rings. The third-order valence-corrected chi connectivity index (χ3v) is 4.05. The second kappa shape index (κ2) is 9.66. The van der Waals surface area contributed by atoms with Crippen molar-refractivity contribution in [2.24, 2.45) is 4.99 Å². The first-order valence-corrected chi connectivity index (χ1v) is 8.94. The minimum absolute atomic E-state index is 0.0896. The van der Waals surface area contributed by atoms with Gasteiger partial charge in [0.05, 0.1) is 29.7 Å². The van der Waals surface area contributed by atoms with Gasteiger partial charge in [0.1, 0.15) is 11.6 Å². The maximum Gasteiger partial charge on any atom is 0.262 e. The Labute approximate surface area is 172 Å². The molecule has 0 spiro atoms. The molecule has 1 heterocycles. The second-order valence-corrected chi connectivity index (χ2v) is 6.23.